The lowest BCUT2D eigenvalue weighted by Crippen LogP contribution is -2.49. The molecule has 8 heteroatoms. The summed E-state index contributed by atoms with van der Waals surface area (Å²) < 4.78 is 19.6. The molecule has 0 spiro atoms. The second-order valence-electron chi connectivity index (χ2n) is 7.55. The highest BCUT2D eigenvalue weighted by molar-refractivity contribution is 5.86. The van der Waals surface area contributed by atoms with Crippen molar-refractivity contribution >= 4 is 11.9 Å². The van der Waals surface area contributed by atoms with Gasteiger partial charge in [-0.05, 0) is 51.8 Å². The molecular formula is C19H24FN5O2. The van der Waals surface area contributed by atoms with Gasteiger partial charge < -0.3 is 10.5 Å². The smallest absolute Gasteiger partial charge is 0.416 e. The van der Waals surface area contributed by atoms with Crippen molar-refractivity contribution in [1.82, 2.24) is 10.2 Å². The van der Waals surface area contributed by atoms with Crippen LogP contribution in [-0.2, 0) is 4.74 Å². The lowest BCUT2D eigenvalue weighted by Gasteiger charge is -2.45. The average Bonchev–Trinajstić information content (AvgIpc) is 2.58. The number of amides is 1. The van der Waals surface area contributed by atoms with Gasteiger partial charge in [-0.1, -0.05) is 13.0 Å². The minimum Gasteiger partial charge on any atom is -0.443 e. The zero-order valence-electron chi connectivity index (χ0n) is 15.8. The van der Waals surface area contributed by atoms with Crippen LogP contribution >= 0.6 is 0 Å². The van der Waals surface area contributed by atoms with Crippen molar-refractivity contribution < 1.29 is 13.9 Å². The zero-order chi connectivity index (χ0) is 20.2. The van der Waals surface area contributed by atoms with Gasteiger partial charge in [0.2, 0.25) is 0 Å². The highest BCUT2D eigenvalue weighted by Crippen LogP contribution is 2.47. The highest BCUT2D eigenvalue weighted by atomic mass is 19.1. The molecule has 2 rings (SSSR count). The van der Waals surface area contributed by atoms with Crippen LogP contribution in [0.4, 0.5) is 15.0 Å². The number of allylic oxidation sites excluding steroid dienone is 2. The fraction of sp³-hybridized carbons (Fsp3) is 0.474. The predicted octanol–water partition coefficient (Wildman–Crippen LogP) is 3.59. The van der Waals surface area contributed by atoms with Gasteiger partial charge in [0.1, 0.15) is 17.5 Å². The fourth-order valence-corrected chi connectivity index (χ4v) is 2.87. The van der Waals surface area contributed by atoms with Gasteiger partial charge in [0.15, 0.2) is 11.5 Å². The van der Waals surface area contributed by atoms with Crippen LogP contribution in [0.3, 0.4) is 0 Å². The molecule has 1 aromatic rings. The topological polar surface area (TPSA) is 105 Å². The van der Waals surface area contributed by atoms with Crippen molar-refractivity contribution in [1.29, 1.82) is 5.26 Å². The first-order valence-electron chi connectivity index (χ1n) is 8.64. The molecular weight excluding hydrogens is 349 g/mol. The third kappa shape index (κ3) is 4.61. The van der Waals surface area contributed by atoms with E-state index in [0.29, 0.717) is 12.8 Å². The van der Waals surface area contributed by atoms with Gasteiger partial charge in [0, 0.05) is 12.0 Å². The molecule has 1 saturated carbocycles. The van der Waals surface area contributed by atoms with E-state index in [-0.39, 0.29) is 23.8 Å². The molecule has 1 aliphatic rings. The lowest BCUT2D eigenvalue weighted by atomic mass is 9.66. The molecule has 7 nitrogen and oxygen atoms in total. The van der Waals surface area contributed by atoms with Crippen LogP contribution in [0.25, 0.3) is 0 Å². The number of nitrogens with zero attached hydrogens (tertiary/aromatic N) is 4. The van der Waals surface area contributed by atoms with E-state index < -0.39 is 22.9 Å². The summed E-state index contributed by atoms with van der Waals surface area (Å²) in [5.74, 6) is -0.383. The standard InChI is InChI=1S/C19H24FN5O2/c1-5-14(20)16(22)19(9-6-10-19)12-25(17(26)27-18(2,3)4)15-8-7-13(11-21)23-24-15/h5,7-8H,1,6,9-10,12,22H2,2-4H3/b16-14+. The fourth-order valence-electron chi connectivity index (χ4n) is 2.87. The van der Waals surface area contributed by atoms with Crippen molar-refractivity contribution in [3.63, 3.8) is 0 Å². The Balaban J connectivity index is 2.41. The number of hydrogen-bond donors (Lipinski definition) is 1. The number of carbonyl (C=O) groups is 1. The van der Waals surface area contributed by atoms with Gasteiger partial charge in [-0.15, -0.1) is 10.2 Å². The first kappa shape index (κ1) is 20.4. The third-order valence-corrected chi connectivity index (χ3v) is 4.43. The number of aromatic nitrogens is 2. The average molecular weight is 373 g/mol. The van der Waals surface area contributed by atoms with E-state index in [1.54, 1.807) is 20.8 Å². The van der Waals surface area contributed by atoms with Crippen LogP contribution in [0.2, 0.25) is 0 Å². The van der Waals surface area contributed by atoms with E-state index in [2.05, 4.69) is 16.8 Å². The Bertz CT molecular complexity index is 786. The first-order chi connectivity index (χ1) is 12.6. The number of anilines is 1. The molecule has 2 N–H and O–H groups in total. The molecule has 1 aliphatic carbocycles. The summed E-state index contributed by atoms with van der Waals surface area (Å²) in [6.07, 6.45) is 2.55. The monoisotopic (exact) mass is 373 g/mol. The second kappa shape index (κ2) is 7.74. The van der Waals surface area contributed by atoms with Crippen molar-refractivity contribution in [3.8, 4) is 6.07 Å². The van der Waals surface area contributed by atoms with Crippen LogP contribution in [-0.4, -0.2) is 28.4 Å². The minimum absolute atomic E-state index is 0.0684. The van der Waals surface area contributed by atoms with Gasteiger partial charge in [-0.2, -0.15) is 5.26 Å². The highest BCUT2D eigenvalue weighted by Gasteiger charge is 2.44. The van der Waals surface area contributed by atoms with E-state index in [0.717, 1.165) is 12.5 Å². The molecule has 0 aromatic carbocycles. The second-order valence-corrected chi connectivity index (χ2v) is 7.55. The number of nitriles is 1. The van der Waals surface area contributed by atoms with Crippen molar-refractivity contribution in [2.24, 2.45) is 11.1 Å². The summed E-state index contributed by atoms with van der Waals surface area (Å²) in [5, 5.41) is 16.6. The van der Waals surface area contributed by atoms with E-state index in [1.165, 1.54) is 17.0 Å². The SMILES string of the molecule is C=C/C(F)=C(\N)C1(CN(C(=O)OC(C)(C)C)c2ccc(C#N)nn2)CCC1. The summed E-state index contributed by atoms with van der Waals surface area (Å²) in [6.45, 7) is 8.76. The molecule has 1 aromatic heterocycles. The van der Waals surface area contributed by atoms with E-state index in [1.807, 2.05) is 6.07 Å². The summed E-state index contributed by atoms with van der Waals surface area (Å²) in [6, 6.07) is 4.84. The maximum atomic E-state index is 14.1. The quantitative estimate of drug-likeness (QED) is 0.791. The van der Waals surface area contributed by atoms with Gasteiger partial charge >= 0.3 is 6.09 Å². The van der Waals surface area contributed by atoms with Crippen LogP contribution in [0.5, 0.6) is 0 Å². The van der Waals surface area contributed by atoms with E-state index >= 15 is 0 Å². The zero-order valence-corrected chi connectivity index (χ0v) is 15.8. The minimum atomic E-state index is -0.726. The van der Waals surface area contributed by atoms with Gasteiger partial charge in [-0.3, -0.25) is 4.90 Å². The van der Waals surface area contributed by atoms with E-state index in [4.69, 9.17) is 15.7 Å². The maximum absolute atomic E-state index is 14.1. The van der Waals surface area contributed by atoms with Gasteiger partial charge in [0.25, 0.3) is 0 Å². The van der Waals surface area contributed by atoms with Crippen molar-refractivity contribution in [2.75, 3.05) is 11.4 Å². The number of carbonyl (C=O) groups excluding carboxylic acids is 1. The van der Waals surface area contributed by atoms with Gasteiger partial charge in [-0.25, -0.2) is 9.18 Å². The summed E-state index contributed by atoms with van der Waals surface area (Å²) in [5.41, 5.74) is 4.79. The number of hydrogen-bond acceptors (Lipinski definition) is 6. The molecule has 0 saturated heterocycles. The molecule has 0 atom stereocenters. The number of nitrogens with two attached hydrogens (primary N) is 1. The Hall–Kier alpha value is -2.95. The first-order valence-corrected chi connectivity index (χ1v) is 8.64. The number of halogens is 1. The Morgan fingerprint density at radius 3 is 2.56 bits per heavy atom. The largest absolute Gasteiger partial charge is 0.443 e. The van der Waals surface area contributed by atoms with Crippen LogP contribution < -0.4 is 10.6 Å². The van der Waals surface area contributed by atoms with Crippen LogP contribution in [0.15, 0.2) is 36.3 Å². The van der Waals surface area contributed by atoms with Crippen LogP contribution in [0.1, 0.15) is 45.7 Å². The number of rotatable bonds is 5. The molecule has 1 fully saturated rings. The molecule has 0 unspecified atom stereocenters. The summed E-state index contributed by atoms with van der Waals surface area (Å²) in [4.78, 5) is 14.1. The third-order valence-electron chi connectivity index (χ3n) is 4.43. The summed E-state index contributed by atoms with van der Waals surface area (Å²) in [7, 11) is 0. The number of ether oxygens (including phenoxy) is 1. The van der Waals surface area contributed by atoms with Gasteiger partial charge in [0.05, 0.1) is 5.70 Å². The molecule has 0 aliphatic heterocycles. The Morgan fingerprint density at radius 2 is 2.15 bits per heavy atom. The molecule has 0 bridgehead atoms. The molecule has 1 heterocycles. The maximum Gasteiger partial charge on any atom is 0.416 e. The molecule has 144 valence electrons. The molecule has 0 radical (unpaired) electrons. The Kier molecular flexibility index (Phi) is 5.84. The Morgan fingerprint density at radius 1 is 1.48 bits per heavy atom. The predicted molar refractivity (Wildman–Crippen MR) is 99.1 cm³/mol. The van der Waals surface area contributed by atoms with Crippen LogP contribution in [0, 0.1) is 16.7 Å². The van der Waals surface area contributed by atoms with Crippen molar-refractivity contribution in [2.45, 2.75) is 45.6 Å². The molecule has 1 amide bonds. The van der Waals surface area contributed by atoms with E-state index in [9.17, 15) is 9.18 Å². The summed E-state index contributed by atoms with van der Waals surface area (Å²) >= 11 is 0. The molecule has 27 heavy (non-hydrogen) atoms. The lowest BCUT2D eigenvalue weighted by molar-refractivity contribution is 0.0545. The van der Waals surface area contributed by atoms with Crippen molar-refractivity contribution in [3.05, 3.63) is 42.0 Å². The Labute approximate surface area is 158 Å². The normalized spacial score (nSPS) is 16.4.